The minimum absolute atomic E-state index is 0.159. The van der Waals surface area contributed by atoms with Crippen molar-refractivity contribution < 1.29 is 17.6 Å². The molecule has 0 spiro atoms. The van der Waals surface area contributed by atoms with Gasteiger partial charge in [0.05, 0.1) is 6.10 Å². The van der Waals surface area contributed by atoms with Gasteiger partial charge in [0, 0.05) is 5.56 Å². The molecule has 0 aliphatic carbocycles. The van der Waals surface area contributed by atoms with Crippen LogP contribution in [0.5, 0.6) is 5.75 Å². The standard InChI is InChI=1S/C13H20ClO4PS/c1-10(2)16-19(15,18-20-14)17-12-9-7-6-8-11(12)13(3,4)5/h6-10H,1-5H3. The summed E-state index contributed by atoms with van der Waals surface area (Å²) >= 11 is 0.442. The third-order valence-electron chi connectivity index (χ3n) is 2.36. The van der Waals surface area contributed by atoms with Crippen LogP contribution in [-0.4, -0.2) is 6.10 Å². The Morgan fingerprint density at radius 1 is 1.25 bits per heavy atom. The fourth-order valence-corrected chi connectivity index (χ4v) is 3.75. The first-order valence-corrected chi connectivity index (χ1v) is 9.25. The molecule has 1 atom stereocenters. The molecule has 1 rings (SSSR count). The highest BCUT2D eigenvalue weighted by atomic mass is 35.7. The van der Waals surface area contributed by atoms with Crippen LogP contribution in [0.3, 0.4) is 0 Å². The Morgan fingerprint density at radius 3 is 2.35 bits per heavy atom. The summed E-state index contributed by atoms with van der Waals surface area (Å²) in [6, 6.07) is 7.36. The molecule has 1 aromatic rings. The minimum atomic E-state index is -3.76. The quantitative estimate of drug-likeness (QED) is 0.490. The zero-order valence-electron chi connectivity index (χ0n) is 12.3. The molecule has 114 valence electrons. The van der Waals surface area contributed by atoms with Gasteiger partial charge in [-0.15, -0.1) is 0 Å². The van der Waals surface area contributed by atoms with Gasteiger partial charge in [-0.25, -0.2) is 4.57 Å². The van der Waals surface area contributed by atoms with Crippen molar-refractivity contribution in [1.29, 1.82) is 0 Å². The summed E-state index contributed by atoms with van der Waals surface area (Å²) in [6.45, 7) is 9.61. The van der Waals surface area contributed by atoms with Gasteiger partial charge >= 0.3 is 7.82 Å². The van der Waals surface area contributed by atoms with Crippen LogP contribution in [0.1, 0.15) is 40.2 Å². The van der Waals surface area contributed by atoms with Gasteiger partial charge in [-0.2, -0.15) is 3.97 Å². The van der Waals surface area contributed by atoms with E-state index in [-0.39, 0.29) is 11.5 Å². The molecule has 0 N–H and O–H groups in total. The third-order valence-corrected chi connectivity index (χ3v) is 4.93. The summed E-state index contributed by atoms with van der Waals surface area (Å²) in [5, 5.41) is 0. The Morgan fingerprint density at radius 2 is 1.85 bits per heavy atom. The Kier molecular flexibility index (Phi) is 6.42. The van der Waals surface area contributed by atoms with E-state index in [2.05, 4.69) is 0 Å². The van der Waals surface area contributed by atoms with E-state index in [9.17, 15) is 4.57 Å². The van der Waals surface area contributed by atoms with Crippen LogP contribution in [-0.2, 0) is 18.5 Å². The second kappa shape index (κ2) is 7.19. The van der Waals surface area contributed by atoms with E-state index >= 15 is 0 Å². The highest BCUT2D eigenvalue weighted by molar-refractivity contribution is 8.19. The van der Waals surface area contributed by atoms with Crippen molar-refractivity contribution >= 4 is 29.8 Å². The van der Waals surface area contributed by atoms with E-state index in [1.54, 1.807) is 26.0 Å². The second-order valence-electron chi connectivity index (χ2n) is 5.58. The van der Waals surface area contributed by atoms with Gasteiger partial charge < -0.3 is 4.52 Å². The van der Waals surface area contributed by atoms with Crippen LogP contribution >= 0.6 is 29.8 Å². The van der Waals surface area contributed by atoms with E-state index < -0.39 is 7.82 Å². The molecule has 0 saturated carbocycles. The lowest BCUT2D eigenvalue weighted by Crippen LogP contribution is -2.14. The van der Waals surface area contributed by atoms with Crippen LogP contribution in [0, 0.1) is 0 Å². The van der Waals surface area contributed by atoms with E-state index in [0.717, 1.165) is 5.56 Å². The topological polar surface area (TPSA) is 44.8 Å². The molecule has 0 amide bonds. The maximum atomic E-state index is 12.5. The molecule has 0 aliphatic heterocycles. The molecule has 4 nitrogen and oxygen atoms in total. The summed E-state index contributed by atoms with van der Waals surface area (Å²) in [5.74, 6) is 0.467. The lowest BCUT2D eigenvalue weighted by atomic mass is 9.86. The van der Waals surface area contributed by atoms with E-state index in [4.69, 9.17) is 23.7 Å². The van der Waals surface area contributed by atoms with Gasteiger partial charge in [0.15, 0.2) is 0 Å². The minimum Gasteiger partial charge on any atom is -0.403 e. The smallest absolute Gasteiger partial charge is 0.403 e. The average molecular weight is 339 g/mol. The normalized spacial score (nSPS) is 15.2. The van der Waals surface area contributed by atoms with Gasteiger partial charge in [0.2, 0.25) is 0 Å². The average Bonchev–Trinajstić information content (AvgIpc) is 2.26. The molecule has 0 fully saturated rings. The molecule has 1 aromatic carbocycles. The monoisotopic (exact) mass is 338 g/mol. The number of hydrogen-bond acceptors (Lipinski definition) is 5. The van der Waals surface area contributed by atoms with Crippen molar-refractivity contribution in [3.63, 3.8) is 0 Å². The van der Waals surface area contributed by atoms with Crippen LogP contribution in [0.15, 0.2) is 24.3 Å². The van der Waals surface area contributed by atoms with Crippen LogP contribution in [0.2, 0.25) is 0 Å². The molecule has 20 heavy (non-hydrogen) atoms. The molecular weight excluding hydrogens is 319 g/mol. The summed E-state index contributed by atoms with van der Waals surface area (Å²) in [6.07, 6.45) is -0.313. The SMILES string of the molecule is CC(C)OP(=O)(OSCl)Oc1ccccc1C(C)(C)C. The zero-order chi connectivity index (χ0) is 15.4. The van der Waals surface area contributed by atoms with E-state index in [1.807, 2.05) is 32.9 Å². The highest BCUT2D eigenvalue weighted by Crippen LogP contribution is 2.55. The number of para-hydroxylation sites is 1. The second-order valence-corrected chi connectivity index (χ2v) is 7.96. The fourth-order valence-electron chi connectivity index (χ4n) is 1.63. The molecule has 0 aliphatic rings. The van der Waals surface area contributed by atoms with Crippen LogP contribution in [0.25, 0.3) is 0 Å². The zero-order valence-corrected chi connectivity index (χ0v) is 14.7. The van der Waals surface area contributed by atoms with Gasteiger partial charge in [0.25, 0.3) is 0 Å². The predicted octanol–water partition coefficient (Wildman–Crippen LogP) is 5.71. The predicted molar refractivity (Wildman–Crippen MR) is 84.1 cm³/mol. The van der Waals surface area contributed by atoms with Crippen molar-refractivity contribution in [3.8, 4) is 5.75 Å². The van der Waals surface area contributed by atoms with Gasteiger partial charge in [0.1, 0.15) is 17.0 Å². The molecule has 7 heteroatoms. The number of hydrogen-bond donors (Lipinski definition) is 0. The number of benzene rings is 1. The van der Waals surface area contributed by atoms with Crippen molar-refractivity contribution in [2.45, 2.75) is 46.1 Å². The van der Waals surface area contributed by atoms with Gasteiger partial charge in [-0.3, -0.25) is 4.52 Å². The van der Waals surface area contributed by atoms with Crippen LogP contribution < -0.4 is 4.52 Å². The maximum Gasteiger partial charge on any atom is 0.542 e. The molecular formula is C13H20ClO4PS. The fraction of sp³-hybridized carbons (Fsp3) is 0.538. The van der Waals surface area contributed by atoms with Gasteiger partial charge in [-0.1, -0.05) is 39.0 Å². The third kappa shape index (κ3) is 5.30. The Labute approximate surface area is 129 Å². The van der Waals surface area contributed by atoms with Crippen molar-refractivity contribution in [2.75, 3.05) is 0 Å². The van der Waals surface area contributed by atoms with Crippen molar-refractivity contribution in [2.24, 2.45) is 0 Å². The number of phosphoric ester groups is 1. The first kappa shape index (κ1) is 17.9. The lowest BCUT2D eigenvalue weighted by molar-refractivity contribution is 0.172. The number of halogens is 1. The van der Waals surface area contributed by atoms with Crippen molar-refractivity contribution in [1.82, 2.24) is 0 Å². The first-order chi connectivity index (χ1) is 9.18. The van der Waals surface area contributed by atoms with Crippen molar-refractivity contribution in [3.05, 3.63) is 29.8 Å². The molecule has 0 radical (unpaired) electrons. The first-order valence-electron chi connectivity index (χ1n) is 6.22. The number of phosphoric acid groups is 1. The summed E-state index contributed by atoms with van der Waals surface area (Å²) < 4.78 is 28.2. The molecule has 0 heterocycles. The summed E-state index contributed by atoms with van der Waals surface area (Å²) in [7, 11) is 1.66. The summed E-state index contributed by atoms with van der Waals surface area (Å²) in [4.78, 5) is 0. The maximum absolute atomic E-state index is 12.5. The van der Waals surface area contributed by atoms with E-state index in [1.165, 1.54) is 0 Å². The molecule has 1 unspecified atom stereocenters. The Hall–Kier alpha value is -0.190. The largest absolute Gasteiger partial charge is 0.542 e. The Bertz CT molecular complexity index is 488. The van der Waals surface area contributed by atoms with E-state index in [0.29, 0.717) is 17.0 Å². The van der Waals surface area contributed by atoms with Gasteiger partial charge in [-0.05, 0) is 36.0 Å². The lowest BCUT2D eigenvalue weighted by Gasteiger charge is -2.25. The number of rotatable bonds is 6. The molecule has 0 saturated heterocycles. The van der Waals surface area contributed by atoms with Crippen LogP contribution in [0.4, 0.5) is 0 Å². The highest BCUT2D eigenvalue weighted by Gasteiger charge is 2.33. The Balaban J connectivity index is 3.09. The summed E-state index contributed by atoms with van der Waals surface area (Å²) in [5.41, 5.74) is 0.753. The molecule has 0 bridgehead atoms. The molecule has 0 aromatic heterocycles.